The van der Waals surface area contributed by atoms with E-state index >= 15 is 0 Å². The van der Waals surface area contributed by atoms with E-state index in [1.165, 1.54) is 11.1 Å². The summed E-state index contributed by atoms with van der Waals surface area (Å²) in [4.78, 5) is 34.1. The maximum Gasteiger partial charge on any atom is 0.255 e. The second kappa shape index (κ2) is 8.23. The first kappa shape index (κ1) is 18.4. The van der Waals surface area contributed by atoms with Crippen molar-refractivity contribution >= 4 is 17.6 Å². The van der Waals surface area contributed by atoms with E-state index in [2.05, 4.69) is 15.3 Å². The van der Waals surface area contributed by atoms with Gasteiger partial charge in [-0.1, -0.05) is 6.07 Å². The predicted molar refractivity (Wildman–Crippen MR) is 94.6 cm³/mol. The average Bonchev–Trinajstić information content (AvgIpc) is 2.54. The summed E-state index contributed by atoms with van der Waals surface area (Å²) in [6.07, 6.45) is 1.45. The van der Waals surface area contributed by atoms with E-state index in [4.69, 9.17) is 4.74 Å². The number of hydrogen-bond acceptors (Lipinski definition) is 5. The Morgan fingerprint density at radius 1 is 1.24 bits per heavy atom. The quantitative estimate of drug-likeness (QED) is 0.870. The fourth-order valence-corrected chi connectivity index (χ4v) is 2.12. The van der Waals surface area contributed by atoms with Crippen molar-refractivity contribution in [3.8, 4) is 5.88 Å². The summed E-state index contributed by atoms with van der Waals surface area (Å²) >= 11 is 0. The zero-order chi connectivity index (χ0) is 18.4. The van der Waals surface area contributed by atoms with E-state index in [-0.39, 0.29) is 24.5 Å². The van der Waals surface area contributed by atoms with E-state index in [1.54, 1.807) is 31.3 Å². The van der Waals surface area contributed by atoms with Crippen LogP contribution >= 0.6 is 0 Å². The Morgan fingerprint density at radius 3 is 2.60 bits per heavy atom. The number of ether oxygens (including phenoxy) is 1. The number of carbonyl (C=O) groups excluding carboxylic acids is 2. The minimum Gasteiger partial charge on any atom is -0.475 e. The minimum atomic E-state index is -0.318. The van der Waals surface area contributed by atoms with Crippen LogP contribution in [0.2, 0.25) is 0 Å². The molecule has 0 aliphatic heterocycles. The fourth-order valence-electron chi connectivity index (χ4n) is 2.12. The van der Waals surface area contributed by atoms with Crippen molar-refractivity contribution in [1.82, 2.24) is 14.9 Å². The Morgan fingerprint density at radius 2 is 2.00 bits per heavy atom. The molecule has 1 N–H and O–H groups in total. The van der Waals surface area contributed by atoms with Crippen LogP contribution in [0, 0.1) is 6.92 Å². The van der Waals surface area contributed by atoms with Gasteiger partial charge < -0.3 is 15.0 Å². The van der Waals surface area contributed by atoms with Crippen molar-refractivity contribution in [2.45, 2.75) is 26.9 Å². The monoisotopic (exact) mass is 342 g/mol. The predicted octanol–water partition coefficient (Wildman–Crippen LogP) is 2.28. The van der Waals surface area contributed by atoms with Crippen LogP contribution in [0.4, 0.5) is 5.82 Å². The highest BCUT2D eigenvalue weighted by molar-refractivity contribution is 5.98. The molecule has 0 unspecified atom stereocenters. The molecule has 2 heterocycles. The Labute approximate surface area is 147 Å². The molecule has 0 radical (unpaired) electrons. The van der Waals surface area contributed by atoms with Gasteiger partial charge in [0.05, 0.1) is 18.2 Å². The van der Waals surface area contributed by atoms with E-state index in [1.807, 2.05) is 26.8 Å². The smallest absolute Gasteiger partial charge is 0.255 e. The second-order valence-electron chi connectivity index (χ2n) is 5.93. The minimum absolute atomic E-state index is 0.00986. The summed E-state index contributed by atoms with van der Waals surface area (Å²) in [5.74, 6) is 0.304. The number of nitrogens with one attached hydrogen (secondary N) is 1. The summed E-state index contributed by atoms with van der Waals surface area (Å²) in [5, 5.41) is 2.67. The molecule has 25 heavy (non-hydrogen) atoms. The molecule has 0 aliphatic carbocycles. The molecule has 132 valence electrons. The molecular weight excluding hydrogens is 320 g/mol. The van der Waals surface area contributed by atoms with Crippen LogP contribution in [-0.2, 0) is 4.79 Å². The second-order valence-corrected chi connectivity index (χ2v) is 5.93. The van der Waals surface area contributed by atoms with Crippen molar-refractivity contribution in [2.75, 3.05) is 18.9 Å². The van der Waals surface area contributed by atoms with Gasteiger partial charge in [0.25, 0.3) is 5.91 Å². The van der Waals surface area contributed by atoms with Gasteiger partial charge in [-0.2, -0.15) is 0 Å². The Kier molecular flexibility index (Phi) is 6.05. The van der Waals surface area contributed by atoms with E-state index in [9.17, 15) is 9.59 Å². The number of amides is 2. The number of aryl methyl sites for hydroxylation is 1. The molecule has 0 bridgehead atoms. The lowest BCUT2D eigenvalue weighted by molar-refractivity contribution is -0.116. The van der Waals surface area contributed by atoms with Crippen LogP contribution in [0.5, 0.6) is 5.88 Å². The maximum absolute atomic E-state index is 12.4. The summed E-state index contributed by atoms with van der Waals surface area (Å²) < 4.78 is 5.44. The molecule has 0 saturated heterocycles. The van der Waals surface area contributed by atoms with Gasteiger partial charge in [0.2, 0.25) is 11.8 Å². The van der Waals surface area contributed by atoms with Crippen molar-refractivity contribution < 1.29 is 14.3 Å². The molecule has 7 nitrogen and oxygen atoms in total. The maximum atomic E-state index is 12.4. The molecule has 0 fully saturated rings. The van der Waals surface area contributed by atoms with Crippen molar-refractivity contribution in [1.29, 1.82) is 0 Å². The first-order valence-corrected chi connectivity index (χ1v) is 7.97. The summed E-state index contributed by atoms with van der Waals surface area (Å²) in [7, 11) is 1.56. The topological polar surface area (TPSA) is 84.4 Å². The Hall–Kier alpha value is -2.96. The van der Waals surface area contributed by atoms with Gasteiger partial charge in [-0.25, -0.2) is 9.97 Å². The van der Waals surface area contributed by atoms with Gasteiger partial charge in [0, 0.05) is 25.0 Å². The van der Waals surface area contributed by atoms with Crippen LogP contribution in [0.15, 0.2) is 36.5 Å². The lowest BCUT2D eigenvalue weighted by Crippen LogP contribution is -2.35. The Bertz CT molecular complexity index is 744. The van der Waals surface area contributed by atoms with E-state index < -0.39 is 0 Å². The SMILES string of the molecule is Cc1cccc(NC(=O)CN(C)C(=O)c2ccc(OC(C)C)nc2)n1. The van der Waals surface area contributed by atoms with Crippen molar-refractivity contribution in [2.24, 2.45) is 0 Å². The van der Waals surface area contributed by atoms with Crippen LogP contribution < -0.4 is 10.1 Å². The van der Waals surface area contributed by atoms with Gasteiger partial charge in [-0.3, -0.25) is 9.59 Å². The molecule has 0 saturated carbocycles. The van der Waals surface area contributed by atoms with Gasteiger partial charge >= 0.3 is 0 Å². The van der Waals surface area contributed by atoms with Gasteiger partial charge in [-0.15, -0.1) is 0 Å². The van der Waals surface area contributed by atoms with E-state index in [0.717, 1.165) is 5.69 Å². The molecule has 0 aromatic carbocycles. The molecule has 0 atom stereocenters. The fraction of sp³-hybridized carbons (Fsp3) is 0.333. The summed E-state index contributed by atoms with van der Waals surface area (Å²) in [6.45, 7) is 5.55. The van der Waals surface area contributed by atoms with Crippen LogP contribution in [-0.4, -0.2) is 46.4 Å². The third-order valence-electron chi connectivity index (χ3n) is 3.22. The molecule has 2 aromatic heterocycles. The van der Waals surface area contributed by atoms with Crippen molar-refractivity contribution in [3.63, 3.8) is 0 Å². The van der Waals surface area contributed by atoms with Gasteiger partial charge in [0.1, 0.15) is 5.82 Å². The molecule has 0 aliphatic rings. The van der Waals surface area contributed by atoms with Gasteiger partial charge in [0.15, 0.2) is 0 Å². The highest BCUT2D eigenvalue weighted by Crippen LogP contribution is 2.11. The number of aromatic nitrogens is 2. The number of carbonyl (C=O) groups is 2. The standard InChI is InChI=1S/C18H22N4O3/c1-12(2)25-17-9-8-14(10-19-17)18(24)22(4)11-16(23)21-15-7-5-6-13(3)20-15/h5-10,12H,11H2,1-4H3,(H,20,21,23). The zero-order valence-electron chi connectivity index (χ0n) is 14.8. The first-order valence-electron chi connectivity index (χ1n) is 7.97. The molecular formula is C18H22N4O3. The highest BCUT2D eigenvalue weighted by atomic mass is 16.5. The number of anilines is 1. The highest BCUT2D eigenvalue weighted by Gasteiger charge is 2.16. The number of hydrogen-bond donors (Lipinski definition) is 1. The van der Waals surface area contributed by atoms with E-state index in [0.29, 0.717) is 17.3 Å². The zero-order valence-corrected chi connectivity index (χ0v) is 14.8. The first-order chi connectivity index (χ1) is 11.8. The summed E-state index contributed by atoms with van der Waals surface area (Å²) in [5.41, 5.74) is 1.19. The van der Waals surface area contributed by atoms with Gasteiger partial charge in [-0.05, 0) is 39.0 Å². The number of nitrogens with zero attached hydrogens (tertiary/aromatic N) is 3. The lowest BCUT2D eigenvalue weighted by Gasteiger charge is -2.17. The molecule has 2 amide bonds. The molecule has 2 aromatic rings. The largest absolute Gasteiger partial charge is 0.475 e. The van der Waals surface area contributed by atoms with Crippen LogP contribution in [0.3, 0.4) is 0 Å². The third kappa shape index (κ3) is 5.56. The molecule has 2 rings (SSSR count). The lowest BCUT2D eigenvalue weighted by atomic mass is 10.2. The Balaban J connectivity index is 1.94. The number of rotatable bonds is 6. The molecule has 7 heteroatoms. The van der Waals surface area contributed by atoms with Crippen LogP contribution in [0.1, 0.15) is 29.9 Å². The normalized spacial score (nSPS) is 10.4. The molecule has 0 spiro atoms. The number of likely N-dealkylation sites (N-methyl/N-ethyl adjacent to an activating group) is 1. The van der Waals surface area contributed by atoms with Crippen LogP contribution in [0.25, 0.3) is 0 Å². The average molecular weight is 342 g/mol. The summed E-state index contributed by atoms with van der Waals surface area (Å²) in [6, 6.07) is 8.61. The van der Waals surface area contributed by atoms with Crippen molar-refractivity contribution in [3.05, 3.63) is 47.8 Å². The third-order valence-corrected chi connectivity index (χ3v) is 3.22. The number of pyridine rings is 2.